The maximum absolute atomic E-state index is 12.9. The van der Waals surface area contributed by atoms with Gasteiger partial charge in [0.15, 0.2) is 0 Å². The van der Waals surface area contributed by atoms with Crippen LogP contribution in [0, 0.1) is 0 Å². The molecule has 1 aromatic carbocycles. The lowest BCUT2D eigenvalue weighted by Crippen LogP contribution is -2.37. The van der Waals surface area contributed by atoms with Gasteiger partial charge in [-0.3, -0.25) is 4.79 Å². The van der Waals surface area contributed by atoms with Crippen LogP contribution in [0.5, 0.6) is 0 Å². The van der Waals surface area contributed by atoms with Crippen LogP contribution in [-0.4, -0.2) is 38.5 Å². The van der Waals surface area contributed by atoms with Crippen LogP contribution in [0.3, 0.4) is 0 Å². The number of hydrogen-bond donors (Lipinski definition) is 1. The zero-order valence-corrected chi connectivity index (χ0v) is 14.4. The van der Waals surface area contributed by atoms with Gasteiger partial charge < -0.3 is 9.88 Å². The SMILES string of the molecule is O=C(c1cnn2ccccc12)N1CCC(c2c[nH]c3ccccc23)CC1. The lowest BCUT2D eigenvalue weighted by atomic mass is 9.89. The molecular weight excluding hydrogens is 324 g/mol. The molecule has 0 aliphatic carbocycles. The number of pyridine rings is 1. The van der Waals surface area contributed by atoms with Crippen LogP contribution >= 0.6 is 0 Å². The highest BCUT2D eigenvalue weighted by atomic mass is 16.2. The lowest BCUT2D eigenvalue weighted by Gasteiger charge is -2.31. The van der Waals surface area contributed by atoms with Crippen LogP contribution in [0.4, 0.5) is 0 Å². The highest BCUT2D eigenvalue weighted by Crippen LogP contribution is 2.33. The summed E-state index contributed by atoms with van der Waals surface area (Å²) in [6.45, 7) is 1.57. The molecule has 5 heteroatoms. The Bertz CT molecular complexity index is 1090. The Labute approximate surface area is 151 Å². The van der Waals surface area contributed by atoms with Gasteiger partial charge >= 0.3 is 0 Å². The van der Waals surface area contributed by atoms with E-state index >= 15 is 0 Å². The van der Waals surface area contributed by atoms with Crippen molar-refractivity contribution in [1.82, 2.24) is 19.5 Å². The summed E-state index contributed by atoms with van der Waals surface area (Å²) in [6.07, 6.45) is 7.68. The third-order valence-electron chi connectivity index (χ3n) is 5.50. The molecule has 4 aromatic rings. The molecule has 0 radical (unpaired) electrons. The molecule has 1 saturated heterocycles. The third-order valence-corrected chi connectivity index (χ3v) is 5.50. The number of piperidine rings is 1. The van der Waals surface area contributed by atoms with E-state index in [2.05, 4.69) is 40.5 Å². The molecule has 5 nitrogen and oxygen atoms in total. The van der Waals surface area contributed by atoms with Crippen LogP contribution < -0.4 is 0 Å². The van der Waals surface area contributed by atoms with Crippen molar-refractivity contribution in [3.8, 4) is 0 Å². The van der Waals surface area contributed by atoms with E-state index in [-0.39, 0.29) is 5.91 Å². The van der Waals surface area contributed by atoms with E-state index in [4.69, 9.17) is 0 Å². The molecule has 0 saturated carbocycles. The molecule has 130 valence electrons. The summed E-state index contributed by atoms with van der Waals surface area (Å²) in [5.41, 5.74) is 4.13. The van der Waals surface area contributed by atoms with Crippen LogP contribution in [-0.2, 0) is 0 Å². The zero-order valence-electron chi connectivity index (χ0n) is 14.4. The molecule has 1 amide bonds. The molecule has 26 heavy (non-hydrogen) atoms. The van der Waals surface area contributed by atoms with Gasteiger partial charge in [0.1, 0.15) is 0 Å². The van der Waals surface area contributed by atoms with Gasteiger partial charge in [-0.1, -0.05) is 24.3 Å². The Morgan fingerprint density at radius 2 is 1.88 bits per heavy atom. The summed E-state index contributed by atoms with van der Waals surface area (Å²) in [7, 11) is 0. The molecule has 0 bridgehead atoms. The van der Waals surface area contributed by atoms with E-state index in [0.717, 1.165) is 31.4 Å². The molecule has 1 aliphatic rings. The Morgan fingerprint density at radius 1 is 1.08 bits per heavy atom. The van der Waals surface area contributed by atoms with Crippen LogP contribution in [0.1, 0.15) is 34.7 Å². The molecule has 1 fully saturated rings. The minimum Gasteiger partial charge on any atom is -0.361 e. The first-order chi connectivity index (χ1) is 12.8. The van der Waals surface area contributed by atoms with Crippen LogP contribution in [0.2, 0.25) is 0 Å². The van der Waals surface area contributed by atoms with Gasteiger partial charge in [0.05, 0.1) is 17.3 Å². The molecule has 5 rings (SSSR count). The molecule has 1 N–H and O–H groups in total. The summed E-state index contributed by atoms with van der Waals surface area (Å²) in [5, 5.41) is 5.59. The van der Waals surface area contributed by atoms with Crippen LogP contribution in [0.25, 0.3) is 16.4 Å². The smallest absolute Gasteiger partial charge is 0.257 e. The van der Waals surface area contributed by atoms with Gasteiger partial charge in [-0.2, -0.15) is 5.10 Å². The fraction of sp³-hybridized carbons (Fsp3) is 0.238. The Balaban J connectivity index is 1.35. The maximum atomic E-state index is 12.9. The van der Waals surface area contributed by atoms with Gasteiger partial charge in [0.25, 0.3) is 5.91 Å². The van der Waals surface area contributed by atoms with Crippen molar-refractivity contribution in [2.24, 2.45) is 0 Å². The monoisotopic (exact) mass is 344 g/mol. The van der Waals surface area contributed by atoms with E-state index < -0.39 is 0 Å². The predicted octanol–water partition coefficient (Wildman–Crippen LogP) is 3.84. The normalized spacial score (nSPS) is 15.8. The zero-order chi connectivity index (χ0) is 17.5. The standard InChI is InChI=1S/C21H20N4O/c26-21(18-14-23-25-10-4-3-7-20(18)25)24-11-8-15(9-12-24)17-13-22-19-6-2-1-5-16(17)19/h1-7,10,13-15,22H,8-9,11-12H2. The first-order valence-corrected chi connectivity index (χ1v) is 9.09. The summed E-state index contributed by atoms with van der Waals surface area (Å²) >= 11 is 0. The minimum atomic E-state index is 0.0866. The summed E-state index contributed by atoms with van der Waals surface area (Å²) < 4.78 is 1.76. The van der Waals surface area contributed by atoms with Gasteiger partial charge in [-0.05, 0) is 42.5 Å². The molecule has 1 aliphatic heterocycles. The number of likely N-dealkylation sites (tertiary alicyclic amines) is 1. The Hall–Kier alpha value is -3.08. The number of H-pyrrole nitrogens is 1. The molecule has 0 unspecified atom stereocenters. The van der Waals surface area contributed by atoms with Crippen molar-refractivity contribution in [1.29, 1.82) is 0 Å². The third kappa shape index (κ3) is 2.39. The number of amides is 1. The van der Waals surface area contributed by atoms with E-state index in [0.29, 0.717) is 11.5 Å². The number of aromatic nitrogens is 3. The fourth-order valence-electron chi connectivity index (χ4n) is 4.09. The van der Waals surface area contributed by atoms with Crippen molar-refractivity contribution in [3.05, 3.63) is 72.2 Å². The van der Waals surface area contributed by atoms with Gasteiger partial charge in [-0.25, -0.2) is 4.52 Å². The van der Waals surface area contributed by atoms with Crippen molar-refractivity contribution >= 4 is 22.3 Å². The lowest BCUT2D eigenvalue weighted by molar-refractivity contribution is 0.0715. The van der Waals surface area contributed by atoms with Gasteiger partial charge in [0, 0.05) is 36.4 Å². The first kappa shape index (κ1) is 15.2. The molecule has 0 atom stereocenters. The second-order valence-electron chi connectivity index (χ2n) is 6.94. The number of rotatable bonds is 2. The number of nitrogens with zero attached hydrogens (tertiary/aromatic N) is 3. The minimum absolute atomic E-state index is 0.0866. The van der Waals surface area contributed by atoms with Crippen molar-refractivity contribution < 1.29 is 4.79 Å². The second kappa shape index (κ2) is 6.02. The second-order valence-corrected chi connectivity index (χ2v) is 6.94. The molecule has 3 aromatic heterocycles. The maximum Gasteiger partial charge on any atom is 0.257 e. The first-order valence-electron chi connectivity index (χ1n) is 9.09. The van der Waals surface area contributed by atoms with E-state index in [1.165, 1.54) is 16.5 Å². The average molecular weight is 344 g/mol. The largest absolute Gasteiger partial charge is 0.361 e. The molecular formula is C21H20N4O. The number of carbonyl (C=O) groups is 1. The highest BCUT2D eigenvalue weighted by Gasteiger charge is 2.27. The number of aromatic amines is 1. The number of fused-ring (bicyclic) bond motifs is 2. The summed E-state index contributed by atoms with van der Waals surface area (Å²) in [6, 6.07) is 14.2. The predicted molar refractivity (Wildman–Crippen MR) is 101 cm³/mol. The van der Waals surface area contributed by atoms with Crippen molar-refractivity contribution in [3.63, 3.8) is 0 Å². The van der Waals surface area contributed by atoms with Gasteiger partial charge in [0.2, 0.25) is 0 Å². The Kier molecular flexibility index (Phi) is 3.52. The Morgan fingerprint density at radius 3 is 2.77 bits per heavy atom. The number of hydrogen-bond acceptors (Lipinski definition) is 2. The number of benzene rings is 1. The average Bonchev–Trinajstić information content (AvgIpc) is 3.32. The van der Waals surface area contributed by atoms with Gasteiger partial charge in [-0.15, -0.1) is 0 Å². The van der Waals surface area contributed by atoms with E-state index in [9.17, 15) is 4.79 Å². The van der Waals surface area contributed by atoms with Crippen LogP contribution in [0.15, 0.2) is 61.1 Å². The quantitative estimate of drug-likeness (QED) is 0.601. The molecule has 4 heterocycles. The fourth-order valence-corrected chi connectivity index (χ4v) is 4.09. The number of nitrogens with one attached hydrogen (secondary N) is 1. The summed E-state index contributed by atoms with van der Waals surface area (Å²) in [5.74, 6) is 0.586. The number of para-hydroxylation sites is 1. The number of carbonyl (C=O) groups excluding carboxylic acids is 1. The van der Waals surface area contributed by atoms with E-state index in [1.807, 2.05) is 29.3 Å². The van der Waals surface area contributed by atoms with Crippen molar-refractivity contribution in [2.45, 2.75) is 18.8 Å². The topological polar surface area (TPSA) is 53.4 Å². The van der Waals surface area contributed by atoms with Crippen molar-refractivity contribution in [2.75, 3.05) is 13.1 Å². The highest BCUT2D eigenvalue weighted by molar-refractivity contribution is 6.00. The van der Waals surface area contributed by atoms with E-state index in [1.54, 1.807) is 10.7 Å². The summed E-state index contributed by atoms with van der Waals surface area (Å²) in [4.78, 5) is 18.3. The molecule has 0 spiro atoms.